The van der Waals surface area contributed by atoms with Crippen molar-refractivity contribution < 1.29 is 13.2 Å². The van der Waals surface area contributed by atoms with Crippen LogP contribution in [0, 0.1) is 6.92 Å². The number of hydrogen-bond donors (Lipinski definition) is 2. The zero-order valence-electron chi connectivity index (χ0n) is 17.0. The summed E-state index contributed by atoms with van der Waals surface area (Å²) in [5.74, 6) is -0.0842. The Labute approximate surface area is 186 Å². The van der Waals surface area contributed by atoms with E-state index < -0.39 is 10.0 Å². The SMILES string of the molecule is Cc1ccccc1S(=O)(=O)Nc1ccc(Sc2ccc(C(=O)NC3CCC3)cn2)cc1. The highest BCUT2D eigenvalue weighted by Gasteiger charge is 2.20. The van der Waals surface area contributed by atoms with E-state index in [0.717, 1.165) is 22.8 Å². The van der Waals surface area contributed by atoms with E-state index in [1.165, 1.54) is 18.2 Å². The van der Waals surface area contributed by atoms with E-state index in [9.17, 15) is 13.2 Å². The van der Waals surface area contributed by atoms with Crippen molar-refractivity contribution in [2.45, 2.75) is 47.0 Å². The van der Waals surface area contributed by atoms with Gasteiger partial charge in [-0.15, -0.1) is 0 Å². The first-order valence-electron chi connectivity index (χ1n) is 10.0. The van der Waals surface area contributed by atoms with Gasteiger partial charge in [-0.2, -0.15) is 0 Å². The molecule has 0 saturated heterocycles. The van der Waals surface area contributed by atoms with Crippen LogP contribution in [0.25, 0.3) is 0 Å². The van der Waals surface area contributed by atoms with Gasteiger partial charge in [0.1, 0.15) is 5.03 Å². The molecule has 0 radical (unpaired) electrons. The highest BCUT2D eigenvalue weighted by Crippen LogP contribution is 2.28. The summed E-state index contributed by atoms with van der Waals surface area (Å²) in [7, 11) is -3.64. The van der Waals surface area contributed by atoms with Crippen molar-refractivity contribution in [3.05, 3.63) is 78.0 Å². The first-order chi connectivity index (χ1) is 14.9. The molecular formula is C23H23N3O3S2. The maximum absolute atomic E-state index is 12.6. The van der Waals surface area contributed by atoms with Crippen LogP contribution >= 0.6 is 11.8 Å². The summed E-state index contributed by atoms with van der Waals surface area (Å²) in [6.45, 7) is 1.77. The molecule has 0 spiro atoms. The smallest absolute Gasteiger partial charge is 0.262 e. The topological polar surface area (TPSA) is 88.2 Å². The van der Waals surface area contributed by atoms with Gasteiger partial charge in [0.15, 0.2) is 0 Å². The minimum Gasteiger partial charge on any atom is -0.349 e. The second-order valence-electron chi connectivity index (χ2n) is 7.48. The Kier molecular flexibility index (Phi) is 6.29. The van der Waals surface area contributed by atoms with E-state index in [1.807, 2.05) is 24.3 Å². The van der Waals surface area contributed by atoms with Gasteiger partial charge in [0.05, 0.1) is 10.5 Å². The van der Waals surface area contributed by atoms with E-state index in [1.54, 1.807) is 49.5 Å². The molecule has 8 heteroatoms. The maximum atomic E-state index is 12.6. The summed E-state index contributed by atoms with van der Waals surface area (Å²) in [5.41, 5.74) is 1.74. The molecule has 160 valence electrons. The van der Waals surface area contributed by atoms with Gasteiger partial charge in [0.25, 0.3) is 15.9 Å². The van der Waals surface area contributed by atoms with Crippen LogP contribution in [0.15, 0.2) is 81.7 Å². The number of amides is 1. The van der Waals surface area contributed by atoms with Crippen molar-refractivity contribution in [1.82, 2.24) is 10.3 Å². The van der Waals surface area contributed by atoms with Crippen molar-refractivity contribution >= 4 is 33.4 Å². The Morgan fingerprint density at radius 1 is 1.03 bits per heavy atom. The van der Waals surface area contributed by atoms with E-state index >= 15 is 0 Å². The average Bonchev–Trinajstić information content (AvgIpc) is 2.72. The zero-order chi connectivity index (χ0) is 21.8. The standard InChI is InChI=1S/C23H23N3O3S2/c1-16-5-2-3-8-21(16)31(28,29)26-19-10-12-20(13-11-19)30-22-14-9-17(15-24-22)23(27)25-18-6-4-7-18/h2-3,5,8-15,18,26H,4,6-7H2,1H3,(H,25,27). The number of pyridine rings is 1. The van der Waals surface area contributed by atoms with Gasteiger partial charge >= 0.3 is 0 Å². The molecule has 1 aromatic heterocycles. The Morgan fingerprint density at radius 2 is 1.77 bits per heavy atom. The number of sulfonamides is 1. The van der Waals surface area contributed by atoms with Gasteiger partial charge in [0.2, 0.25) is 0 Å². The quantitative estimate of drug-likeness (QED) is 0.545. The van der Waals surface area contributed by atoms with Crippen molar-refractivity contribution in [3.8, 4) is 0 Å². The molecule has 4 rings (SSSR count). The third-order valence-electron chi connectivity index (χ3n) is 5.15. The Bertz CT molecular complexity index is 1170. The maximum Gasteiger partial charge on any atom is 0.262 e. The lowest BCUT2D eigenvalue weighted by Gasteiger charge is -2.26. The van der Waals surface area contributed by atoms with E-state index in [2.05, 4.69) is 15.0 Å². The first kappa shape index (κ1) is 21.4. The molecule has 3 aromatic rings. The third-order valence-corrected chi connectivity index (χ3v) is 7.65. The summed E-state index contributed by atoms with van der Waals surface area (Å²) >= 11 is 1.44. The number of rotatable bonds is 7. The Morgan fingerprint density at radius 3 is 2.39 bits per heavy atom. The Hall–Kier alpha value is -2.84. The van der Waals surface area contributed by atoms with Gasteiger partial charge in [-0.1, -0.05) is 30.0 Å². The molecule has 6 nitrogen and oxygen atoms in total. The molecule has 0 atom stereocenters. The molecule has 1 fully saturated rings. The van der Waals surface area contributed by atoms with Crippen LogP contribution in [0.5, 0.6) is 0 Å². The normalized spacial score (nSPS) is 14.0. The summed E-state index contributed by atoms with van der Waals surface area (Å²) < 4.78 is 27.8. The largest absolute Gasteiger partial charge is 0.349 e. The molecule has 2 aromatic carbocycles. The lowest BCUT2D eigenvalue weighted by atomic mass is 9.93. The van der Waals surface area contributed by atoms with Gasteiger partial charge in [-0.3, -0.25) is 9.52 Å². The van der Waals surface area contributed by atoms with Crippen LogP contribution in [0.1, 0.15) is 35.2 Å². The number of nitrogens with one attached hydrogen (secondary N) is 2. The zero-order valence-corrected chi connectivity index (χ0v) is 18.7. The number of aromatic nitrogens is 1. The van der Waals surface area contributed by atoms with Crippen molar-refractivity contribution in [1.29, 1.82) is 0 Å². The van der Waals surface area contributed by atoms with E-state index in [0.29, 0.717) is 22.9 Å². The predicted molar refractivity (Wildman–Crippen MR) is 122 cm³/mol. The molecule has 0 bridgehead atoms. The third kappa shape index (κ3) is 5.26. The van der Waals surface area contributed by atoms with Crippen molar-refractivity contribution in [2.75, 3.05) is 4.72 Å². The summed E-state index contributed by atoms with van der Waals surface area (Å²) in [4.78, 5) is 17.7. The predicted octanol–water partition coefficient (Wildman–Crippen LogP) is 4.62. The van der Waals surface area contributed by atoms with Gasteiger partial charge < -0.3 is 5.32 Å². The van der Waals surface area contributed by atoms with Gasteiger partial charge in [0, 0.05) is 22.8 Å². The van der Waals surface area contributed by atoms with Gasteiger partial charge in [-0.25, -0.2) is 13.4 Å². The van der Waals surface area contributed by atoms with E-state index in [4.69, 9.17) is 0 Å². The molecule has 1 amide bonds. The minimum absolute atomic E-state index is 0.0842. The second-order valence-corrected chi connectivity index (χ2v) is 10.2. The average molecular weight is 454 g/mol. The summed E-state index contributed by atoms with van der Waals surface area (Å²) in [6.07, 6.45) is 4.85. The molecule has 2 N–H and O–H groups in total. The molecule has 1 heterocycles. The fraction of sp³-hybridized carbons (Fsp3) is 0.217. The van der Waals surface area contributed by atoms with Crippen LogP contribution in [0.2, 0.25) is 0 Å². The highest BCUT2D eigenvalue weighted by molar-refractivity contribution is 7.99. The lowest BCUT2D eigenvalue weighted by molar-refractivity contribution is 0.0916. The summed E-state index contributed by atoms with van der Waals surface area (Å²) in [5, 5.41) is 3.76. The number of anilines is 1. The van der Waals surface area contributed by atoms with Crippen molar-refractivity contribution in [3.63, 3.8) is 0 Å². The Balaban J connectivity index is 1.38. The fourth-order valence-corrected chi connectivity index (χ4v) is 5.24. The molecule has 1 aliphatic rings. The van der Waals surface area contributed by atoms with Crippen molar-refractivity contribution in [2.24, 2.45) is 0 Å². The fourth-order valence-electron chi connectivity index (χ4n) is 3.18. The minimum atomic E-state index is -3.64. The second kappa shape index (κ2) is 9.11. The number of hydrogen-bond acceptors (Lipinski definition) is 5. The van der Waals surface area contributed by atoms with Crippen LogP contribution < -0.4 is 10.0 Å². The number of nitrogens with zero attached hydrogens (tertiary/aromatic N) is 1. The van der Waals surface area contributed by atoms with Crippen LogP contribution in [-0.4, -0.2) is 25.4 Å². The van der Waals surface area contributed by atoms with Crippen LogP contribution in [-0.2, 0) is 10.0 Å². The monoisotopic (exact) mass is 453 g/mol. The lowest BCUT2D eigenvalue weighted by Crippen LogP contribution is -2.39. The number of aryl methyl sites for hydroxylation is 1. The number of carbonyl (C=O) groups excluding carboxylic acids is 1. The van der Waals surface area contributed by atoms with Crippen LogP contribution in [0.3, 0.4) is 0 Å². The first-order valence-corrected chi connectivity index (χ1v) is 12.3. The molecule has 0 unspecified atom stereocenters. The van der Waals surface area contributed by atoms with Gasteiger partial charge in [-0.05, 0) is 74.2 Å². The molecular weight excluding hydrogens is 430 g/mol. The van der Waals surface area contributed by atoms with E-state index in [-0.39, 0.29) is 10.8 Å². The van der Waals surface area contributed by atoms with Crippen LogP contribution in [0.4, 0.5) is 5.69 Å². The number of carbonyl (C=O) groups is 1. The molecule has 31 heavy (non-hydrogen) atoms. The molecule has 1 aliphatic carbocycles. The highest BCUT2D eigenvalue weighted by atomic mass is 32.2. The number of benzene rings is 2. The molecule has 1 saturated carbocycles. The summed E-state index contributed by atoms with van der Waals surface area (Å²) in [6, 6.07) is 17.9. The molecule has 0 aliphatic heterocycles.